The molecule has 7 nitrogen and oxygen atoms in total. The molecule has 8 heteroatoms. The van der Waals surface area contributed by atoms with Crippen LogP contribution in [0.5, 0.6) is 0 Å². The number of carbonyl (C=O) groups is 1. The number of Topliss-reactive ketones (excluding diaryl/α,β-unsaturated/α-hetero) is 1. The Labute approximate surface area is 200 Å². The number of halogens is 1. The standard InChI is InChI=1S/C27H17FN4O3/c28-20-10-8-18(9-11-20)25(33)23-24(19-5-3-6-21(14-19)32(34)35)31-13-12-17-4-1-2-7-22(17)26(31)27(23,15-29)16-30/h1-14,23-24,26H/t23-,24+,26+/m1/s1. The molecule has 2 aliphatic heterocycles. The Kier molecular flexibility index (Phi) is 5.15. The maximum atomic E-state index is 13.9. The van der Waals surface area contributed by atoms with Crippen LogP contribution in [0.25, 0.3) is 6.08 Å². The molecule has 5 rings (SSSR count). The summed E-state index contributed by atoms with van der Waals surface area (Å²) >= 11 is 0. The van der Waals surface area contributed by atoms with Crippen LogP contribution in [-0.2, 0) is 0 Å². The molecule has 3 aromatic carbocycles. The normalized spacial score (nSPS) is 21.3. The summed E-state index contributed by atoms with van der Waals surface area (Å²) < 4.78 is 13.6. The summed E-state index contributed by atoms with van der Waals surface area (Å²) in [5, 5.41) is 32.4. The smallest absolute Gasteiger partial charge is 0.269 e. The summed E-state index contributed by atoms with van der Waals surface area (Å²) in [5.41, 5.74) is 0.126. The highest BCUT2D eigenvalue weighted by atomic mass is 19.1. The minimum absolute atomic E-state index is 0.152. The topological polar surface area (TPSA) is 111 Å². The Morgan fingerprint density at radius 3 is 2.43 bits per heavy atom. The van der Waals surface area contributed by atoms with E-state index in [1.807, 2.05) is 24.3 Å². The van der Waals surface area contributed by atoms with Crippen molar-refractivity contribution in [3.05, 3.63) is 117 Å². The number of nitrogens with zero attached hydrogens (tertiary/aromatic N) is 4. The zero-order chi connectivity index (χ0) is 24.7. The molecule has 0 aliphatic carbocycles. The van der Waals surface area contributed by atoms with Gasteiger partial charge in [0.05, 0.1) is 35.1 Å². The molecule has 0 aromatic heterocycles. The van der Waals surface area contributed by atoms with Gasteiger partial charge in [0.2, 0.25) is 0 Å². The molecule has 0 bridgehead atoms. The zero-order valence-corrected chi connectivity index (χ0v) is 18.2. The van der Waals surface area contributed by atoms with E-state index < -0.39 is 39.9 Å². The van der Waals surface area contributed by atoms with E-state index >= 15 is 0 Å². The molecule has 0 spiro atoms. The first-order valence-electron chi connectivity index (χ1n) is 10.8. The molecule has 2 aliphatic rings. The van der Waals surface area contributed by atoms with Crippen LogP contribution >= 0.6 is 0 Å². The number of ketones is 1. The predicted molar refractivity (Wildman–Crippen MR) is 124 cm³/mol. The second kappa shape index (κ2) is 8.19. The van der Waals surface area contributed by atoms with Crippen LogP contribution in [0, 0.1) is 49.9 Å². The molecule has 3 atom stereocenters. The van der Waals surface area contributed by atoms with Crippen LogP contribution in [-0.4, -0.2) is 15.6 Å². The molecule has 0 radical (unpaired) electrons. The van der Waals surface area contributed by atoms with Crippen LogP contribution < -0.4 is 0 Å². The Hall–Kier alpha value is -4.82. The fraction of sp³-hybridized carbons (Fsp3) is 0.148. The largest absolute Gasteiger partial charge is 0.360 e. The Morgan fingerprint density at radius 2 is 1.74 bits per heavy atom. The fourth-order valence-electron chi connectivity index (χ4n) is 5.27. The van der Waals surface area contributed by atoms with Crippen molar-refractivity contribution in [2.75, 3.05) is 0 Å². The summed E-state index contributed by atoms with van der Waals surface area (Å²) in [6.07, 6.45) is 3.57. The van der Waals surface area contributed by atoms with Crippen LogP contribution in [0.2, 0.25) is 0 Å². The van der Waals surface area contributed by atoms with Crippen LogP contribution in [0.4, 0.5) is 10.1 Å². The molecule has 1 fully saturated rings. The molecular formula is C27H17FN4O3. The summed E-state index contributed by atoms with van der Waals surface area (Å²) in [4.78, 5) is 26.7. The van der Waals surface area contributed by atoms with Gasteiger partial charge in [0.1, 0.15) is 5.82 Å². The average Bonchev–Trinajstić information content (AvgIpc) is 3.20. The van der Waals surface area contributed by atoms with Crippen molar-refractivity contribution in [3.63, 3.8) is 0 Å². The van der Waals surface area contributed by atoms with Crippen LogP contribution in [0.1, 0.15) is 39.1 Å². The first kappa shape index (κ1) is 22.0. The number of nitriles is 2. The van der Waals surface area contributed by atoms with Crippen LogP contribution in [0.3, 0.4) is 0 Å². The van der Waals surface area contributed by atoms with E-state index in [9.17, 15) is 29.8 Å². The van der Waals surface area contributed by atoms with E-state index in [0.29, 0.717) is 11.1 Å². The van der Waals surface area contributed by atoms with Gasteiger partial charge in [-0.3, -0.25) is 14.9 Å². The fourth-order valence-corrected chi connectivity index (χ4v) is 5.27. The molecule has 170 valence electrons. The number of nitro benzene ring substituents is 1. The Balaban J connectivity index is 1.78. The summed E-state index contributed by atoms with van der Waals surface area (Å²) in [7, 11) is 0. The third-order valence-corrected chi connectivity index (χ3v) is 6.78. The van der Waals surface area contributed by atoms with Crippen LogP contribution in [0.15, 0.2) is 79.0 Å². The second-order valence-electron chi connectivity index (χ2n) is 8.53. The zero-order valence-electron chi connectivity index (χ0n) is 18.2. The van der Waals surface area contributed by atoms with E-state index in [2.05, 4.69) is 12.1 Å². The molecule has 0 amide bonds. The van der Waals surface area contributed by atoms with Gasteiger partial charge in [0.25, 0.3) is 5.69 Å². The van der Waals surface area contributed by atoms with E-state index in [1.165, 1.54) is 30.3 Å². The number of rotatable bonds is 4. The van der Waals surface area contributed by atoms with E-state index in [0.717, 1.165) is 17.7 Å². The van der Waals surface area contributed by atoms with E-state index in [4.69, 9.17) is 0 Å². The first-order valence-corrected chi connectivity index (χ1v) is 10.8. The molecule has 2 heterocycles. The lowest BCUT2D eigenvalue weighted by Gasteiger charge is -2.35. The van der Waals surface area contributed by atoms with Gasteiger partial charge in [-0.05, 0) is 47.0 Å². The van der Waals surface area contributed by atoms with Crippen molar-refractivity contribution in [1.82, 2.24) is 4.90 Å². The molecule has 0 N–H and O–H groups in total. The van der Waals surface area contributed by atoms with Gasteiger partial charge in [-0.25, -0.2) is 4.39 Å². The summed E-state index contributed by atoms with van der Waals surface area (Å²) in [6, 6.07) is 20.8. The van der Waals surface area contributed by atoms with Gasteiger partial charge >= 0.3 is 0 Å². The first-order chi connectivity index (χ1) is 16.9. The SMILES string of the molecule is N#CC1(C#N)[C@@H]2c3ccccc3C=CN2[C@@H](c2cccc([N+](=O)[O-])c2)[C@@H]1C(=O)c1ccc(F)cc1. The highest BCUT2D eigenvalue weighted by molar-refractivity contribution is 6.00. The maximum absolute atomic E-state index is 13.9. The van der Waals surface area contributed by atoms with Gasteiger partial charge in [-0.15, -0.1) is 0 Å². The molecule has 0 unspecified atom stereocenters. The molecule has 0 saturated carbocycles. The lowest BCUT2D eigenvalue weighted by molar-refractivity contribution is -0.385. The second-order valence-corrected chi connectivity index (χ2v) is 8.53. The summed E-state index contributed by atoms with van der Waals surface area (Å²) in [6.45, 7) is 0. The predicted octanol–water partition coefficient (Wildman–Crippen LogP) is 5.35. The Bertz CT molecular complexity index is 1450. The lowest BCUT2D eigenvalue weighted by Crippen LogP contribution is -2.35. The summed E-state index contributed by atoms with van der Waals surface area (Å²) in [5.74, 6) is -2.24. The minimum Gasteiger partial charge on any atom is -0.360 e. The average molecular weight is 464 g/mol. The number of non-ortho nitro benzene ring substituents is 1. The molecule has 3 aromatic rings. The van der Waals surface area contributed by atoms with Gasteiger partial charge in [-0.2, -0.15) is 10.5 Å². The van der Waals surface area contributed by atoms with Crippen molar-refractivity contribution in [1.29, 1.82) is 10.5 Å². The number of carbonyl (C=O) groups excluding carboxylic acids is 1. The molecule has 35 heavy (non-hydrogen) atoms. The quantitative estimate of drug-likeness (QED) is 0.292. The number of fused-ring (bicyclic) bond motifs is 3. The molecule has 1 saturated heterocycles. The highest BCUT2D eigenvalue weighted by Crippen LogP contribution is 2.61. The van der Waals surface area contributed by atoms with Crippen molar-refractivity contribution in [2.24, 2.45) is 11.3 Å². The van der Waals surface area contributed by atoms with Gasteiger partial charge < -0.3 is 4.90 Å². The van der Waals surface area contributed by atoms with Crippen molar-refractivity contribution < 1.29 is 14.1 Å². The van der Waals surface area contributed by atoms with Crippen molar-refractivity contribution >= 4 is 17.5 Å². The van der Waals surface area contributed by atoms with E-state index in [-0.39, 0.29) is 11.3 Å². The minimum atomic E-state index is -1.82. The third kappa shape index (κ3) is 3.27. The number of hydrogen-bond acceptors (Lipinski definition) is 6. The third-order valence-electron chi connectivity index (χ3n) is 6.78. The van der Waals surface area contributed by atoms with Gasteiger partial charge in [-0.1, -0.05) is 36.4 Å². The molecular weight excluding hydrogens is 447 g/mol. The van der Waals surface area contributed by atoms with Crippen molar-refractivity contribution in [2.45, 2.75) is 12.1 Å². The Morgan fingerprint density at radius 1 is 1.03 bits per heavy atom. The lowest BCUT2D eigenvalue weighted by atomic mass is 9.67. The van der Waals surface area contributed by atoms with Crippen molar-refractivity contribution in [3.8, 4) is 12.1 Å². The van der Waals surface area contributed by atoms with E-state index in [1.54, 1.807) is 23.2 Å². The van der Waals surface area contributed by atoms with Gasteiger partial charge in [0.15, 0.2) is 11.2 Å². The number of nitro groups is 1. The number of hydrogen-bond donors (Lipinski definition) is 0. The number of benzene rings is 3. The highest BCUT2D eigenvalue weighted by Gasteiger charge is 2.64. The van der Waals surface area contributed by atoms with Gasteiger partial charge in [0, 0.05) is 23.9 Å². The maximum Gasteiger partial charge on any atom is 0.269 e. The monoisotopic (exact) mass is 464 g/mol.